The number of carboxylic acids is 1. The lowest BCUT2D eigenvalue weighted by Gasteiger charge is -1.98. The number of hydrogen-bond donors (Lipinski definition) is 1. The van der Waals surface area contributed by atoms with Crippen LogP contribution in [0.2, 0.25) is 0 Å². The van der Waals surface area contributed by atoms with Crippen LogP contribution in [0.25, 0.3) is 10.4 Å². The maximum atomic E-state index is 10.7. The maximum absolute atomic E-state index is 10.7. The number of carbonyl (C=O) groups is 1. The Morgan fingerprint density at radius 3 is 2.56 bits per heavy atom. The molecule has 0 aliphatic carbocycles. The van der Waals surface area contributed by atoms with E-state index >= 15 is 0 Å². The Morgan fingerprint density at radius 1 is 1.38 bits per heavy atom. The van der Waals surface area contributed by atoms with Crippen molar-refractivity contribution in [3.63, 3.8) is 0 Å². The minimum absolute atomic E-state index is 0.291. The summed E-state index contributed by atoms with van der Waals surface area (Å²) in [5.74, 6) is -0.925. The van der Waals surface area contributed by atoms with Crippen LogP contribution in [0.15, 0.2) is 24.5 Å². The summed E-state index contributed by atoms with van der Waals surface area (Å²) >= 11 is 1.19. The molecule has 2 heterocycles. The molecule has 16 heavy (non-hydrogen) atoms. The smallest absolute Gasteiger partial charge is 0.345 e. The first kappa shape index (κ1) is 10.6. The lowest BCUT2D eigenvalue weighted by molar-refractivity contribution is 0.0702. The number of thiophene rings is 1. The van der Waals surface area contributed by atoms with Crippen LogP contribution in [0.5, 0.6) is 6.01 Å². The Hall–Kier alpha value is -1.95. The van der Waals surface area contributed by atoms with E-state index in [0.29, 0.717) is 10.9 Å². The Balaban J connectivity index is 2.31. The van der Waals surface area contributed by atoms with E-state index < -0.39 is 5.97 Å². The summed E-state index contributed by atoms with van der Waals surface area (Å²) in [6, 6.07) is 3.59. The zero-order chi connectivity index (χ0) is 11.5. The third-order valence-corrected chi connectivity index (χ3v) is 3.03. The summed E-state index contributed by atoms with van der Waals surface area (Å²) < 4.78 is 4.84. The number of methoxy groups -OCH3 is 1. The molecule has 0 saturated carbocycles. The van der Waals surface area contributed by atoms with Gasteiger partial charge in [0.25, 0.3) is 0 Å². The molecule has 0 radical (unpaired) electrons. The molecular formula is C10H8N2O3S. The number of carboxylic acid groups (broad SMARTS) is 1. The van der Waals surface area contributed by atoms with Gasteiger partial charge in [0.2, 0.25) is 0 Å². The Labute approximate surface area is 95.4 Å². The van der Waals surface area contributed by atoms with Crippen LogP contribution in [-0.2, 0) is 0 Å². The molecule has 6 heteroatoms. The van der Waals surface area contributed by atoms with E-state index in [9.17, 15) is 4.79 Å². The molecule has 0 bridgehead atoms. The Kier molecular flexibility index (Phi) is 2.82. The highest BCUT2D eigenvalue weighted by Gasteiger charge is 2.08. The molecule has 0 aromatic carbocycles. The molecule has 0 aliphatic heterocycles. The van der Waals surface area contributed by atoms with Gasteiger partial charge in [-0.15, -0.1) is 11.3 Å². The average molecular weight is 236 g/mol. The average Bonchev–Trinajstić information content (AvgIpc) is 2.78. The maximum Gasteiger partial charge on any atom is 0.345 e. The van der Waals surface area contributed by atoms with E-state index in [1.54, 1.807) is 24.5 Å². The van der Waals surface area contributed by atoms with Crippen LogP contribution < -0.4 is 4.74 Å². The third kappa shape index (κ3) is 2.01. The van der Waals surface area contributed by atoms with Crippen molar-refractivity contribution in [2.24, 2.45) is 0 Å². The zero-order valence-corrected chi connectivity index (χ0v) is 9.19. The minimum Gasteiger partial charge on any atom is -0.477 e. The van der Waals surface area contributed by atoms with Crippen LogP contribution in [-0.4, -0.2) is 28.2 Å². The van der Waals surface area contributed by atoms with Gasteiger partial charge in [-0.05, 0) is 12.1 Å². The van der Waals surface area contributed by atoms with Crippen molar-refractivity contribution in [3.05, 3.63) is 29.4 Å². The topological polar surface area (TPSA) is 72.3 Å². The predicted octanol–water partition coefficient (Wildman–Crippen LogP) is 1.91. The molecule has 0 unspecified atom stereocenters. The minimum atomic E-state index is -0.925. The fourth-order valence-corrected chi connectivity index (χ4v) is 1.98. The van der Waals surface area contributed by atoms with Crippen molar-refractivity contribution in [1.29, 1.82) is 0 Å². The molecule has 0 fully saturated rings. The van der Waals surface area contributed by atoms with E-state index in [4.69, 9.17) is 9.84 Å². The molecule has 0 spiro atoms. The highest BCUT2D eigenvalue weighted by molar-refractivity contribution is 7.17. The van der Waals surface area contributed by atoms with Crippen LogP contribution in [0.3, 0.4) is 0 Å². The van der Waals surface area contributed by atoms with E-state index in [1.165, 1.54) is 18.4 Å². The van der Waals surface area contributed by atoms with Crippen LogP contribution in [0, 0.1) is 0 Å². The Morgan fingerprint density at radius 2 is 2.06 bits per heavy atom. The highest BCUT2D eigenvalue weighted by atomic mass is 32.1. The highest BCUT2D eigenvalue weighted by Crippen LogP contribution is 2.27. The fraction of sp³-hybridized carbons (Fsp3) is 0.100. The molecule has 2 aromatic rings. The van der Waals surface area contributed by atoms with Crippen LogP contribution >= 0.6 is 11.3 Å². The van der Waals surface area contributed by atoms with Crippen molar-refractivity contribution in [2.45, 2.75) is 0 Å². The van der Waals surface area contributed by atoms with Crippen molar-refractivity contribution in [3.8, 4) is 16.5 Å². The second kappa shape index (κ2) is 4.28. The second-order valence-electron chi connectivity index (χ2n) is 2.93. The molecule has 2 rings (SSSR count). The van der Waals surface area contributed by atoms with Crippen molar-refractivity contribution >= 4 is 17.3 Å². The normalized spacial score (nSPS) is 10.1. The summed E-state index contributed by atoms with van der Waals surface area (Å²) in [7, 11) is 1.49. The Bertz CT molecular complexity index is 507. The van der Waals surface area contributed by atoms with Crippen molar-refractivity contribution in [2.75, 3.05) is 7.11 Å². The van der Waals surface area contributed by atoms with Gasteiger partial charge in [0.1, 0.15) is 4.88 Å². The summed E-state index contributed by atoms with van der Waals surface area (Å²) in [6.45, 7) is 0. The lowest BCUT2D eigenvalue weighted by atomic mass is 10.3. The van der Waals surface area contributed by atoms with Gasteiger partial charge in [0.15, 0.2) is 0 Å². The molecule has 5 nitrogen and oxygen atoms in total. The monoisotopic (exact) mass is 236 g/mol. The van der Waals surface area contributed by atoms with E-state index in [1.807, 2.05) is 0 Å². The largest absolute Gasteiger partial charge is 0.477 e. The molecular weight excluding hydrogens is 228 g/mol. The second-order valence-corrected chi connectivity index (χ2v) is 4.01. The number of ether oxygens (including phenoxy) is 1. The SMILES string of the molecule is COc1ncc(-c2ccc(C(=O)O)s2)cn1. The first-order valence-electron chi connectivity index (χ1n) is 4.40. The third-order valence-electron chi connectivity index (χ3n) is 1.91. The summed E-state index contributed by atoms with van der Waals surface area (Å²) in [5.41, 5.74) is 0.776. The quantitative estimate of drug-likeness (QED) is 0.881. The predicted molar refractivity (Wildman–Crippen MR) is 58.9 cm³/mol. The number of rotatable bonds is 3. The van der Waals surface area contributed by atoms with Gasteiger partial charge in [0, 0.05) is 22.8 Å². The number of nitrogens with zero attached hydrogens (tertiary/aromatic N) is 2. The molecule has 1 N–H and O–H groups in total. The summed E-state index contributed by atoms with van der Waals surface area (Å²) in [5, 5.41) is 8.79. The van der Waals surface area contributed by atoms with Crippen molar-refractivity contribution < 1.29 is 14.6 Å². The number of aromatic nitrogens is 2. The van der Waals surface area contributed by atoms with Gasteiger partial charge < -0.3 is 9.84 Å². The standard InChI is InChI=1S/C10H8N2O3S/c1-15-10-11-4-6(5-12-10)7-2-3-8(16-7)9(13)14/h2-5H,1H3,(H,13,14). The molecule has 0 atom stereocenters. The van der Waals surface area contributed by atoms with Gasteiger partial charge in [-0.2, -0.15) is 0 Å². The first-order valence-corrected chi connectivity index (χ1v) is 5.22. The van der Waals surface area contributed by atoms with Gasteiger partial charge in [0.05, 0.1) is 7.11 Å². The summed E-state index contributed by atoms with van der Waals surface area (Å²) in [6.07, 6.45) is 3.20. The van der Waals surface area contributed by atoms with Gasteiger partial charge >= 0.3 is 12.0 Å². The molecule has 0 saturated heterocycles. The fourth-order valence-electron chi connectivity index (χ4n) is 1.16. The van der Waals surface area contributed by atoms with Gasteiger partial charge in [-0.1, -0.05) is 0 Å². The first-order chi connectivity index (χ1) is 7.70. The van der Waals surface area contributed by atoms with E-state index in [-0.39, 0.29) is 0 Å². The lowest BCUT2D eigenvalue weighted by Crippen LogP contribution is -1.90. The number of hydrogen-bond acceptors (Lipinski definition) is 5. The zero-order valence-electron chi connectivity index (χ0n) is 8.38. The van der Waals surface area contributed by atoms with Crippen LogP contribution in [0.1, 0.15) is 9.67 Å². The molecule has 2 aromatic heterocycles. The molecule has 0 aliphatic rings. The van der Waals surface area contributed by atoms with E-state index in [0.717, 1.165) is 10.4 Å². The van der Waals surface area contributed by atoms with E-state index in [2.05, 4.69) is 9.97 Å². The van der Waals surface area contributed by atoms with Gasteiger partial charge in [-0.25, -0.2) is 14.8 Å². The summed E-state index contributed by atoms with van der Waals surface area (Å²) in [4.78, 5) is 19.7. The molecule has 82 valence electrons. The van der Waals surface area contributed by atoms with Crippen LogP contribution in [0.4, 0.5) is 0 Å². The van der Waals surface area contributed by atoms with Crippen molar-refractivity contribution in [1.82, 2.24) is 9.97 Å². The van der Waals surface area contributed by atoms with Gasteiger partial charge in [-0.3, -0.25) is 0 Å². The number of aromatic carboxylic acids is 1. The molecule has 0 amide bonds.